The quantitative estimate of drug-likeness (QED) is 0.511. The van der Waals surface area contributed by atoms with Gasteiger partial charge in [0, 0.05) is 23.1 Å². The molecule has 0 amide bonds. The van der Waals surface area contributed by atoms with Crippen LogP contribution in [0.25, 0.3) is 0 Å². The van der Waals surface area contributed by atoms with Gasteiger partial charge in [0.2, 0.25) is 0 Å². The van der Waals surface area contributed by atoms with Crippen LogP contribution in [0.4, 0.5) is 0 Å². The molecule has 0 unspecified atom stereocenters. The minimum absolute atomic E-state index is 0.521. The number of nitrogens with zero attached hydrogens (tertiary/aromatic N) is 4. The van der Waals surface area contributed by atoms with E-state index in [0.29, 0.717) is 11.6 Å². The second-order valence-corrected chi connectivity index (χ2v) is 8.89. The fourth-order valence-electron chi connectivity index (χ4n) is 3.62. The highest BCUT2D eigenvalue weighted by atomic mass is 32.2. The highest BCUT2D eigenvalue weighted by Crippen LogP contribution is 2.34. The predicted molar refractivity (Wildman–Crippen MR) is 110 cm³/mol. The third-order valence-corrected chi connectivity index (χ3v) is 6.93. The molecule has 0 aliphatic heterocycles. The average Bonchev–Trinajstić information content (AvgIpc) is 3.38. The van der Waals surface area contributed by atoms with E-state index in [2.05, 4.69) is 38.3 Å². The Morgan fingerprint density at radius 3 is 2.63 bits per heavy atom. The Hall–Kier alpha value is -2.10. The molecule has 1 aliphatic rings. The van der Waals surface area contributed by atoms with E-state index in [-0.39, 0.29) is 0 Å². The van der Waals surface area contributed by atoms with E-state index >= 15 is 0 Å². The topological polar surface area (TPSA) is 54.5 Å². The number of thiophene rings is 1. The van der Waals surface area contributed by atoms with Crippen LogP contribution in [0, 0.1) is 11.3 Å². The first-order chi connectivity index (χ1) is 13.3. The van der Waals surface area contributed by atoms with E-state index < -0.39 is 0 Å². The maximum absolute atomic E-state index is 8.95. The Morgan fingerprint density at radius 2 is 1.93 bits per heavy atom. The lowest BCUT2D eigenvalue weighted by atomic mass is 9.95. The largest absolute Gasteiger partial charge is 0.303 e. The fourth-order valence-corrected chi connectivity index (χ4v) is 5.31. The van der Waals surface area contributed by atoms with Crippen LogP contribution in [0.2, 0.25) is 0 Å². The molecular weight excluding hydrogens is 372 g/mol. The Labute approximate surface area is 168 Å². The van der Waals surface area contributed by atoms with E-state index in [9.17, 15) is 0 Å². The summed E-state index contributed by atoms with van der Waals surface area (Å²) in [5, 5.41) is 21.2. The number of hydrogen-bond acceptors (Lipinski definition) is 5. The maximum atomic E-state index is 8.95. The normalized spacial score (nSPS) is 14.9. The molecule has 2 aromatic heterocycles. The van der Waals surface area contributed by atoms with Crippen molar-refractivity contribution >= 4 is 23.1 Å². The highest BCUT2D eigenvalue weighted by molar-refractivity contribution is 7.98. The van der Waals surface area contributed by atoms with E-state index in [4.69, 9.17) is 5.26 Å². The Kier molecular flexibility index (Phi) is 5.90. The molecule has 2 heterocycles. The lowest BCUT2D eigenvalue weighted by molar-refractivity contribution is 0.330. The molecule has 1 aliphatic carbocycles. The number of rotatable bonds is 6. The number of benzene rings is 1. The predicted octanol–water partition coefficient (Wildman–Crippen LogP) is 5.60. The van der Waals surface area contributed by atoms with E-state index in [1.54, 1.807) is 23.1 Å². The van der Waals surface area contributed by atoms with Gasteiger partial charge in [-0.15, -0.1) is 21.5 Å². The summed E-state index contributed by atoms with van der Waals surface area (Å²) in [6, 6.07) is 14.8. The van der Waals surface area contributed by atoms with Crippen LogP contribution in [0.5, 0.6) is 0 Å². The number of hydrogen-bond donors (Lipinski definition) is 0. The fraction of sp³-hybridized carbons (Fsp3) is 0.381. The number of thioether (sulfide) groups is 1. The molecule has 0 atom stereocenters. The van der Waals surface area contributed by atoms with E-state index in [1.807, 2.05) is 24.3 Å². The van der Waals surface area contributed by atoms with Gasteiger partial charge < -0.3 is 4.57 Å². The first-order valence-corrected chi connectivity index (χ1v) is 11.3. The van der Waals surface area contributed by atoms with Crippen molar-refractivity contribution in [3.05, 3.63) is 63.6 Å². The zero-order valence-electron chi connectivity index (χ0n) is 15.2. The monoisotopic (exact) mass is 394 g/mol. The van der Waals surface area contributed by atoms with Crippen molar-refractivity contribution in [2.24, 2.45) is 0 Å². The molecule has 0 N–H and O–H groups in total. The van der Waals surface area contributed by atoms with Gasteiger partial charge in [0.05, 0.1) is 11.6 Å². The van der Waals surface area contributed by atoms with Crippen LogP contribution in [0.3, 0.4) is 0 Å². The van der Waals surface area contributed by atoms with E-state index in [0.717, 1.165) is 23.2 Å². The first-order valence-electron chi connectivity index (χ1n) is 9.41. The highest BCUT2D eigenvalue weighted by Gasteiger charge is 2.23. The zero-order valence-corrected chi connectivity index (χ0v) is 16.8. The molecule has 3 aromatic rings. The summed E-state index contributed by atoms with van der Waals surface area (Å²) in [5.74, 6) is 1.93. The van der Waals surface area contributed by atoms with E-state index in [1.165, 1.54) is 42.5 Å². The third-order valence-electron chi connectivity index (χ3n) is 5.04. The third kappa shape index (κ3) is 4.42. The van der Waals surface area contributed by atoms with Crippen LogP contribution < -0.4 is 0 Å². The molecule has 27 heavy (non-hydrogen) atoms. The summed E-state index contributed by atoms with van der Waals surface area (Å²) in [7, 11) is 0. The molecule has 6 heteroatoms. The minimum Gasteiger partial charge on any atom is -0.303 e. The summed E-state index contributed by atoms with van der Waals surface area (Å²) >= 11 is 3.53. The van der Waals surface area contributed by atoms with Gasteiger partial charge in [0.15, 0.2) is 5.16 Å². The molecule has 0 bridgehead atoms. The minimum atomic E-state index is 0.521. The van der Waals surface area contributed by atoms with Gasteiger partial charge in [-0.25, -0.2) is 0 Å². The molecular formula is C21H22N4S2. The van der Waals surface area contributed by atoms with Gasteiger partial charge in [-0.2, -0.15) is 5.26 Å². The Bertz CT molecular complexity index is 901. The summed E-state index contributed by atoms with van der Waals surface area (Å²) in [5.41, 5.74) is 1.91. The zero-order chi connectivity index (χ0) is 18.5. The van der Waals surface area contributed by atoms with Crippen molar-refractivity contribution in [3.8, 4) is 6.07 Å². The molecule has 0 spiro atoms. The maximum Gasteiger partial charge on any atom is 0.191 e. The summed E-state index contributed by atoms with van der Waals surface area (Å²) in [4.78, 5) is 1.34. The number of aromatic nitrogens is 3. The number of nitriles is 1. The van der Waals surface area contributed by atoms with Gasteiger partial charge in [-0.1, -0.05) is 49.2 Å². The van der Waals surface area contributed by atoms with Crippen molar-refractivity contribution in [3.63, 3.8) is 0 Å². The molecule has 1 aromatic carbocycles. The van der Waals surface area contributed by atoms with Crippen molar-refractivity contribution in [1.29, 1.82) is 5.26 Å². The Morgan fingerprint density at radius 1 is 1.11 bits per heavy atom. The smallest absolute Gasteiger partial charge is 0.191 e. The molecule has 138 valence electrons. The van der Waals surface area contributed by atoms with Gasteiger partial charge in [-0.3, -0.25) is 0 Å². The molecule has 1 fully saturated rings. The summed E-state index contributed by atoms with van der Waals surface area (Å²) < 4.78 is 2.41. The van der Waals surface area contributed by atoms with Crippen LogP contribution in [-0.2, 0) is 12.2 Å². The molecule has 4 nitrogen and oxygen atoms in total. The first kappa shape index (κ1) is 18.3. The van der Waals surface area contributed by atoms with Gasteiger partial charge in [0.1, 0.15) is 5.82 Å². The van der Waals surface area contributed by atoms with Crippen molar-refractivity contribution in [2.75, 3.05) is 0 Å². The van der Waals surface area contributed by atoms with Crippen molar-refractivity contribution in [2.45, 2.75) is 55.5 Å². The molecule has 4 rings (SSSR count). The van der Waals surface area contributed by atoms with Gasteiger partial charge in [0.25, 0.3) is 0 Å². The summed E-state index contributed by atoms with van der Waals surface area (Å²) in [6.07, 6.45) is 7.23. The second-order valence-electron chi connectivity index (χ2n) is 6.91. The van der Waals surface area contributed by atoms with Crippen LogP contribution in [-0.4, -0.2) is 14.8 Å². The molecule has 1 saturated carbocycles. The lowest BCUT2D eigenvalue weighted by Gasteiger charge is -2.25. The van der Waals surface area contributed by atoms with Gasteiger partial charge in [-0.05, 0) is 42.0 Å². The lowest BCUT2D eigenvalue weighted by Crippen LogP contribution is -2.16. The average molecular weight is 395 g/mol. The van der Waals surface area contributed by atoms with Crippen LogP contribution in [0.15, 0.2) is 46.9 Å². The standard InChI is InChI=1S/C21H22N4S2/c22-14-16-8-10-17(11-9-16)15-27-21-24-23-20(13-19-7-4-12-26-19)25(21)18-5-2-1-3-6-18/h4,7-12,18H,1-3,5-6,13,15H2. The Balaban J connectivity index is 1.55. The molecule has 0 saturated heterocycles. The van der Waals surface area contributed by atoms with Crippen molar-refractivity contribution in [1.82, 2.24) is 14.8 Å². The SMILES string of the molecule is N#Cc1ccc(CSc2nnc(Cc3cccs3)n2C2CCCCC2)cc1. The second kappa shape index (κ2) is 8.73. The summed E-state index contributed by atoms with van der Waals surface area (Å²) in [6.45, 7) is 0. The van der Waals surface area contributed by atoms with Crippen molar-refractivity contribution < 1.29 is 0 Å². The van der Waals surface area contributed by atoms with Gasteiger partial charge >= 0.3 is 0 Å². The van der Waals surface area contributed by atoms with Crippen LogP contribution >= 0.6 is 23.1 Å². The van der Waals surface area contributed by atoms with Crippen LogP contribution in [0.1, 0.15) is 60.0 Å². The molecule has 0 radical (unpaired) electrons.